The first-order valence-electron chi connectivity index (χ1n) is 5.79. The Morgan fingerprint density at radius 1 is 1.31 bits per heavy atom. The van der Waals surface area contributed by atoms with Gasteiger partial charge in [0.25, 0.3) is 0 Å². The molecule has 1 aromatic heterocycles. The highest BCUT2D eigenvalue weighted by atomic mass is 16.1. The third kappa shape index (κ3) is 1.62. The van der Waals surface area contributed by atoms with Crippen LogP contribution in [0.15, 0.2) is 24.3 Å². The summed E-state index contributed by atoms with van der Waals surface area (Å²) in [4.78, 5) is 19.3. The van der Waals surface area contributed by atoms with Gasteiger partial charge in [-0.05, 0) is 25.0 Å². The van der Waals surface area contributed by atoms with Crippen LogP contribution in [-0.4, -0.2) is 15.8 Å². The Morgan fingerprint density at radius 2 is 2.19 bits per heavy atom. The van der Waals surface area contributed by atoms with Gasteiger partial charge in [0.2, 0.25) is 0 Å². The lowest BCUT2D eigenvalue weighted by molar-refractivity contribution is -0.120. The molecular formula is C13H14N2O. The summed E-state index contributed by atoms with van der Waals surface area (Å²) in [5, 5.41) is 0. The minimum atomic E-state index is 0.300. The van der Waals surface area contributed by atoms with Crippen molar-refractivity contribution in [2.75, 3.05) is 0 Å². The number of aromatic nitrogens is 2. The lowest BCUT2D eigenvalue weighted by atomic mass is 9.88. The van der Waals surface area contributed by atoms with Gasteiger partial charge in [0, 0.05) is 18.8 Å². The van der Waals surface area contributed by atoms with Crippen molar-refractivity contribution < 1.29 is 4.79 Å². The molecular weight excluding hydrogens is 200 g/mol. The van der Waals surface area contributed by atoms with E-state index < -0.39 is 0 Å². The topological polar surface area (TPSA) is 45.8 Å². The molecule has 3 nitrogen and oxygen atoms in total. The van der Waals surface area contributed by atoms with Crippen LogP contribution in [0.4, 0.5) is 0 Å². The van der Waals surface area contributed by atoms with Crippen molar-refractivity contribution in [2.24, 2.45) is 0 Å². The molecule has 0 aliphatic heterocycles. The van der Waals surface area contributed by atoms with Gasteiger partial charge in [-0.2, -0.15) is 0 Å². The van der Waals surface area contributed by atoms with Crippen LogP contribution in [0.1, 0.15) is 37.4 Å². The number of para-hydroxylation sites is 2. The van der Waals surface area contributed by atoms with Gasteiger partial charge >= 0.3 is 0 Å². The van der Waals surface area contributed by atoms with Gasteiger partial charge in [-0.3, -0.25) is 4.79 Å². The monoisotopic (exact) mass is 214 g/mol. The number of benzene rings is 1. The molecule has 16 heavy (non-hydrogen) atoms. The fraction of sp³-hybridized carbons (Fsp3) is 0.385. The summed E-state index contributed by atoms with van der Waals surface area (Å²) >= 11 is 0. The van der Waals surface area contributed by atoms with Crippen molar-refractivity contribution in [2.45, 2.75) is 31.6 Å². The van der Waals surface area contributed by atoms with Crippen LogP contribution >= 0.6 is 0 Å². The van der Waals surface area contributed by atoms with Crippen LogP contribution in [0.2, 0.25) is 0 Å². The highest BCUT2D eigenvalue weighted by molar-refractivity contribution is 5.80. The van der Waals surface area contributed by atoms with Gasteiger partial charge in [-0.1, -0.05) is 12.1 Å². The molecule has 0 spiro atoms. The molecule has 1 saturated carbocycles. The fourth-order valence-corrected chi connectivity index (χ4v) is 2.42. The smallest absolute Gasteiger partial charge is 0.133 e. The Balaban J connectivity index is 1.96. The number of fused-ring (bicyclic) bond motifs is 1. The first-order valence-corrected chi connectivity index (χ1v) is 5.79. The Kier molecular flexibility index (Phi) is 2.24. The lowest BCUT2D eigenvalue weighted by Gasteiger charge is -2.18. The first kappa shape index (κ1) is 9.58. The normalized spacial score (nSPS) is 21.5. The molecule has 82 valence electrons. The van der Waals surface area contributed by atoms with E-state index >= 15 is 0 Å². The molecule has 1 aliphatic rings. The molecule has 1 N–H and O–H groups in total. The predicted octanol–water partition coefficient (Wildman–Crippen LogP) is 2.79. The number of rotatable bonds is 1. The summed E-state index contributed by atoms with van der Waals surface area (Å²) in [6.45, 7) is 0. The van der Waals surface area contributed by atoms with E-state index in [0.29, 0.717) is 18.1 Å². The maximum absolute atomic E-state index is 11.4. The molecule has 0 amide bonds. The van der Waals surface area contributed by atoms with Gasteiger partial charge in [-0.25, -0.2) is 4.98 Å². The molecule has 1 unspecified atom stereocenters. The summed E-state index contributed by atoms with van der Waals surface area (Å²) in [7, 11) is 0. The molecule has 1 aliphatic carbocycles. The summed E-state index contributed by atoms with van der Waals surface area (Å²) in [5.74, 6) is 1.65. The zero-order valence-corrected chi connectivity index (χ0v) is 9.07. The lowest BCUT2D eigenvalue weighted by Crippen LogP contribution is -2.14. The second-order valence-corrected chi connectivity index (χ2v) is 4.47. The Morgan fingerprint density at radius 3 is 3.00 bits per heavy atom. The van der Waals surface area contributed by atoms with Crippen molar-refractivity contribution >= 4 is 16.8 Å². The number of carbonyl (C=O) groups excluding carboxylic acids is 1. The van der Waals surface area contributed by atoms with Crippen molar-refractivity contribution in [3.63, 3.8) is 0 Å². The number of hydrogen-bond acceptors (Lipinski definition) is 2. The number of H-pyrrole nitrogens is 1. The van der Waals surface area contributed by atoms with E-state index in [-0.39, 0.29) is 0 Å². The molecule has 3 rings (SSSR count). The maximum Gasteiger partial charge on any atom is 0.133 e. The fourth-order valence-electron chi connectivity index (χ4n) is 2.42. The standard InChI is InChI=1S/C13H14N2O/c16-10-5-3-4-9(8-10)13-14-11-6-1-2-7-12(11)15-13/h1-2,6-7,9H,3-5,8H2,(H,14,15). The van der Waals surface area contributed by atoms with Crippen LogP contribution in [0.25, 0.3) is 11.0 Å². The highest BCUT2D eigenvalue weighted by Crippen LogP contribution is 2.30. The summed E-state index contributed by atoms with van der Waals surface area (Å²) < 4.78 is 0. The zero-order chi connectivity index (χ0) is 11.0. The van der Waals surface area contributed by atoms with E-state index in [1.54, 1.807) is 0 Å². The number of aromatic amines is 1. The van der Waals surface area contributed by atoms with Crippen molar-refractivity contribution in [1.29, 1.82) is 0 Å². The number of nitrogens with one attached hydrogen (secondary N) is 1. The average Bonchev–Trinajstić information content (AvgIpc) is 2.72. The van der Waals surface area contributed by atoms with Gasteiger partial charge < -0.3 is 4.98 Å². The summed E-state index contributed by atoms with van der Waals surface area (Å²) in [6, 6.07) is 8.01. The van der Waals surface area contributed by atoms with E-state index in [1.807, 2.05) is 24.3 Å². The SMILES string of the molecule is O=C1CCCC(c2nc3ccccc3[nH]2)C1. The quantitative estimate of drug-likeness (QED) is 0.793. The van der Waals surface area contributed by atoms with E-state index in [2.05, 4.69) is 9.97 Å². The molecule has 2 aromatic rings. The van der Waals surface area contributed by atoms with Gasteiger partial charge in [0.05, 0.1) is 11.0 Å². The van der Waals surface area contributed by atoms with E-state index in [0.717, 1.165) is 36.1 Å². The van der Waals surface area contributed by atoms with Crippen molar-refractivity contribution in [3.8, 4) is 0 Å². The Hall–Kier alpha value is -1.64. The molecule has 1 aromatic carbocycles. The number of ketones is 1. The van der Waals surface area contributed by atoms with Crippen molar-refractivity contribution in [3.05, 3.63) is 30.1 Å². The summed E-state index contributed by atoms with van der Waals surface area (Å²) in [5.41, 5.74) is 2.06. The third-order valence-electron chi connectivity index (χ3n) is 3.28. The van der Waals surface area contributed by atoms with Gasteiger partial charge in [0.15, 0.2) is 0 Å². The average molecular weight is 214 g/mol. The van der Waals surface area contributed by atoms with Crippen LogP contribution in [0, 0.1) is 0 Å². The van der Waals surface area contributed by atoms with E-state index in [1.165, 1.54) is 0 Å². The summed E-state index contributed by atoms with van der Waals surface area (Å²) in [6.07, 6.45) is 3.47. The number of Topliss-reactive ketones (excluding diaryl/α,β-unsaturated/α-hetero) is 1. The van der Waals surface area contributed by atoms with Crippen molar-refractivity contribution in [1.82, 2.24) is 9.97 Å². The number of imidazole rings is 1. The van der Waals surface area contributed by atoms with E-state index in [9.17, 15) is 4.79 Å². The number of carbonyl (C=O) groups is 1. The van der Waals surface area contributed by atoms with Crippen LogP contribution < -0.4 is 0 Å². The molecule has 0 radical (unpaired) electrons. The molecule has 0 bridgehead atoms. The Labute approximate surface area is 93.9 Å². The zero-order valence-electron chi connectivity index (χ0n) is 9.07. The van der Waals surface area contributed by atoms with E-state index in [4.69, 9.17) is 0 Å². The van der Waals surface area contributed by atoms with Crippen LogP contribution in [0.5, 0.6) is 0 Å². The minimum Gasteiger partial charge on any atom is -0.342 e. The molecule has 0 saturated heterocycles. The molecule has 1 atom stereocenters. The largest absolute Gasteiger partial charge is 0.342 e. The van der Waals surface area contributed by atoms with Crippen LogP contribution in [0.3, 0.4) is 0 Å². The minimum absolute atomic E-state index is 0.300. The molecule has 3 heteroatoms. The van der Waals surface area contributed by atoms with Gasteiger partial charge in [-0.15, -0.1) is 0 Å². The van der Waals surface area contributed by atoms with Gasteiger partial charge in [0.1, 0.15) is 11.6 Å². The number of hydrogen-bond donors (Lipinski definition) is 1. The number of nitrogens with zero attached hydrogens (tertiary/aromatic N) is 1. The molecule has 1 heterocycles. The predicted molar refractivity (Wildman–Crippen MR) is 62.3 cm³/mol. The maximum atomic E-state index is 11.4. The highest BCUT2D eigenvalue weighted by Gasteiger charge is 2.23. The second kappa shape index (κ2) is 3.74. The third-order valence-corrected chi connectivity index (χ3v) is 3.28. The Bertz CT molecular complexity index is 496. The second-order valence-electron chi connectivity index (χ2n) is 4.47. The van der Waals surface area contributed by atoms with Crippen LogP contribution in [-0.2, 0) is 4.79 Å². The molecule has 1 fully saturated rings. The first-order chi connectivity index (χ1) is 7.83.